The summed E-state index contributed by atoms with van der Waals surface area (Å²) in [5.74, 6) is -0.0881. The number of hydrogen-bond acceptors (Lipinski definition) is 3. The Hall–Kier alpha value is -1.66. The van der Waals surface area contributed by atoms with Crippen LogP contribution in [0.3, 0.4) is 0 Å². The van der Waals surface area contributed by atoms with Crippen molar-refractivity contribution < 1.29 is 4.79 Å². The summed E-state index contributed by atoms with van der Waals surface area (Å²) in [7, 11) is 3.67. The van der Waals surface area contributed by atoms with Crippen LogP contribution in [0, 0.1) is 6.92 Å². The van der Waals surface area contributed by atoms with Gasteiger partial charge in [-0.1, -0.05) is 6.07 Å². The topological polar surface area (TPSA) is 70.4 Å². The van der Waals surface area contributed by atoms with E-state index in [1.165, 1.54) is 0 Å². The molecule has 0 bridgehead atoms. The van der Waals surface area contributed by atoms with Crippen molar-refractivity contribution in [1.29, 1.82) is 0 Å². The zero-order valence-corrected chi connectivity index (χ0v) is 11.6. The molecule has 1 aromatic rings. The van der Waals surface area contributed by atoms with Crippen LogP contribution in [0.15, 0.2) is 18.2 Å². The van der Waals surface area contributed by atoms with Crippen LogP contribution < -0.4 is 16.4 Å². The number of benzene rings is 1. The molecule has 0 atom stereocenters. The van der Waals surface area contributed by atoms with Crippen molar-refractivity contribution in [3.63, 3.8) is 0 Å². The minimum absolute atomic E-state index is 0.0881. The second-order valence-electron chi connectivity index (χ2n) is 4.32. The Morgan fingerprint density at radius 2 is 2.00 bits per heavy atom. The number of aryl methyl sites for hydroxylation is 1. The lowest BCUT2D eigenvalue weighted by molar-refractivity contribution is -0.116. The van der Waals surface area contributed by atoms with Crippen molar-refractivity contribution in [3.05, 3.63) is 23.8 Å². The van der Waals surface area contributed by atoms with Crippen molar-refractivity contribution in [2.75, 3.05) is 31.3 Å². The zero-order valence-electron chi connectivity index (χ0n) is 10.8. The van der Waals surface area contributed by atoms with Gasteiger partial charge in [-0.05, 0) is 50.9 Å². The first kappa shape index (κ1) is 14.4. The summed E-state index contributed by atoms with van der Waals surface area (Å²) in [6, 6.07) is 5.62. The van der Waals surface area contributed by atoms with Gasteiger partial charge in [0.05, 0.1) is 17.9 Å². The number of anilines is 2. The lowest BCUT2D eigenvalue weighted by atomic mass is 10.2. The second-order valence-corrected chi connectivity index (χ2v) is 4.76. The van der Waals surface area contributed by atoms with Crippen molar-refractivity contribution in [2.24, 2.45) is 5.73 Å². The molecule has 0 heterocycles. The molecule has 4 N–H and O–H groups in total. The van der Waals surface area contributed by atoms with Crippen LogP contribution >= 0.6 is 12.2 Å². The van der Waals surface area contributed by atoms with Gasteiger partial charge in [0.15, 0.2) is 5.11 Å². The van der Waals surface area contributed by atoms with Gasteiger partial charge in [-0.2, -0.15) is 0 Å². The quantitative estimate of drug-likeness (QED) is 0.713. The van der Waals surface area contributed by atoms with E-state index in [4.69, 9.17) is 18.0 Å². The number of nitrogens with two attached hydrogens (primary N) is 1. The number of hydrogen-bond donors (Lipinski definition) is 3. The first-order valence-electron chi connectivity index (χ1n) is 5.50. The molecule has 0 aliphatic heterocycles. The SMILES string of the molecule is Cc1ccc(NC(=O)CN(C)C)c(NC(N)=S)c1. The third-order valence-corrected chi connectivity index (χ3v) is 2.27. The molecule has 0 fully saturated rings. The Morgan fingerprint density at radius 3 is 2.56 bits per heavy atom. The normalized spacial score (nSPS) is 10.2. The van der Waals surface area contributed by atoms with Crippen molar-refractivity contribution >= 4 is 34.6 Å². The van der Waals surface area contributed by atoms with E-state index in [-0.39, 0.29) is 11.0 Å². The highest BCUT2D eigenvalue weighted by molar-refractivity contribution is 7.80. The highest BCUT2D eigenvalue weighted by Crippen LogP contribution is 2.22. The van der Waals surface area contributed by atoms with E-state index in [0.29, 0.717) is 17.9 Å². The summed E-state index contributed by atoms with van der Waals surface area (Å²) in [4.78, 5) is 13.5. The predicted octanol–water partition coefficient (Wildman–Crippen LogP) is 1.15. The minimum Gasteiger partial charge on any atom is -0.376 e. The van der Waals surface area contributed by atoms with E-state index in [2.05, 4.69) is 10.6 Å². The summed E-state index contributed by atoms with van der Waals surface area (Å²) >= 11 is 4.81. The molecule has 18 heavy (non-hydrogen) atoms. The summed E-state index contributed by atoms with van der Waals surface area (Å²) in [5.41, 5.74) is 7.88. The van der Waals surface area contributed by atoms with Crippen molar-refractivity contribution in [2.45, 2.75) is 6.92 Å². The first-order chi connectivity index (χ1) is 8.38. The molecule has 5 nitrogen and oxygen atoms in total. The number of nitrogens with one attached hydrogen (secondary N) is 2. The Labute approximate surface area is 112 Å². The molecule has 0 saturated carbocycles. The molecule has 0 saturated heterocycles. The highest BCUT2D eigenvalue weighted by Gasteiger charge is 2.08. The van der Waals surface area contributed by atoms with Gasteiger partial charge >= 0.3 is 0 Å². The third-order valence-electron chi connectivity index (χ3n) is 2.17. The number of thiocarbonyl (C=S) groups is 1. The number of carbonyl (C=O) groups is 1. The van der Waals surface area contributed by atoms with Gasteiger partial charge in [0.1, 0.15) is 0 Å². The second kappa shape index (κ2) is 6.32. The van der Waals surface area contributed by atoms with E-state index >= 15 is 0 Å². The molecule has 0 unspecified atom stereocenters. The minimum atomic E-state index is -0.0881. The van der Waals surface area contributed by atoms with E-state index in [9.17, 15) is 4.79 Å². The maximum absolute atomic E-state index is 11.7. The number of carbonyl (C=O) groups excluding carboxylic acids is 1. The molecule has 1 aromatic carbocycles. The number of amides is 1. The fraction of sp³-hybridized carbons (Fsp3) is 0.333. The fourth-order valence-electron chi connectivity index (χ4n) is 1.48. The Morgan fingerprint density at radius 1 is 1.33 bits per heavy atom. The van der Waals surface area contributed by atoms with E-state index < -0.39 is 0 Å². The smallest absolute Gasteiger partial charge is 0.238 e. The Bertz CT molecular complexity index is 459. The molecule has 0 aliphatic carbocycles. The fourth-order valence-corrected chi connectivity index (χ4v) is 1.59. The van der Waals surface area contributed by atoms with E-state index in [0.717, 1.165) is 5.56 Å². The average molecular weight is 266 g/mol. The average Bonchev–Trinajstić information content (AvgIpc) is 2.20. The van der Waals surface area contributed by atoms with E-state index in [1.807, 2.05) is 39.2 Å². The van der Waals surface area contributed by atoms with Gasteiger partial charge in [-0.25, -0.2) is 0 Å². The van der Waals surface area contributed by atoms with Crippen molar-refractivity contribution in [3.8, 4) is 0 Å². The standard InChI is InChI=1S/C12H18N4OS/c1-8-4-5-9(10(6-8)15-12(13)18)14-11(17)7-16(2)3/h4-6H,7H2,1-3H3,(H,14,17)(H3,13,15,18). The van der Waals surface area contributed by atoms with Crippen LogP contribution in [0.2, 0.25) is 0 Å². The van der Waals surface area contributed by atoms with Gasteiger partial charge < -0.3 is 21.3 Å². The largest absolute Gasteiger partial charge is 0.376 e. The maximum atomic E-state index is 11.7. The maximum Gasteiger partial charge on any atom is 0.238 e. The lowest BCUT2D eigenvalue weighted by Crippen LogP contribution is -2.28. The summed E-state index contributed by atoms with van der Waals surface area (Å²) in [5, 5.41) is 5.84. The van der Waals surface area contributed by atoms with Crippen LogP contribution in [0.4, 0.5) is 11.4 Å². The Balaban J connectivity index is 2.87. The van der Waals surface area contributed by atoms with Crippen molar-refractivity contribution in [1.82, 2.24) is 4.90 Å². The van der Waals surface area contributed by atoms with Gasteiger partial charge in [-0.3, -0.25) is 4.79 Å². The van der Waals surface area contributed by atoms with Crippen LogP contribution in [-0.4, -0.2) is 36.6 Å². The van der Waals surface area contributed by atoms with Crippen LogP contribution in [0.5, 0.6) is 0 Å². The van der Waals surface area contributed by atoms with Gasteiger partial charge in [0.2, 0.25) is 5.91 Å². The third kappa shape index (κ3) is 4.68. The summed E-state index contributed by atoms with van der Waals surface area (Å²) in [6.07, 6.45) is 0. The lowest BCUT2D eigenvalue weighted by Gasteiger charge is -2.14. The monoisotopic (exact) mass is 266 g/mol. The molecule has 0 spiro atoms. The number of rotatable bonds is 4. The van der Waals surface area contributed by atoms with Crippen LogP contribution in [0.1, 0.15) is 5.56 Å². The molecular weight excluding hydrogens is 248 g/mol. The molecule has 1 rings (SSSR count). The van der Waals surface area contributed by atoms with Gasteiger partial charge in [0.25, 0.3) is 0 Å². The first-order valence-corrected chi connectivity index (χ1v) is 5.91. The number of nitrogens with zero attached hydrogens (tertiary/aromatic N) is 1. The molecule has 1 amide bonds. The zero-order chi connectivity index (χ0) is 13.7. The number of likely N-dealkylation sites (N-methyl/N-ethyl adjacent to an activating group) is 1. The molecular formula is C12H18N4OS. The predicted molar refractivity (Wildman–Crippen MR) is 78.8 cm³/mol. The molecule has 0 aliphatic rings. The van der Waals surface area contributed by atoms with Gasteiger partial charge in [-0.15, -0.1) is 0 Å². The molecule has 6 heteroatoms. The van der Waals surface area contributed by atoms with Gasteiger partial charge in [0, 0.05) is 0 Å². The highest BCUT2D eigenvalue weighted by atomic mass is 32.1. The van der Waals surface area contributed by atoms with E-state index in [1.54, 1.807) is 4.90 Å². The van der Waals surface area contributed by atoms with Crippen LogP contribution in [-0.2, 0) is 4.79 Å². The summed E-state index contributed by atoms with van der Waals surface area (Å²) in [6.45, 7) is 2.27. The Kier molecular flexibility index (Phi) is 5.06. The van der Waals surface area contributed by atoms with Crippen LogP contribution in [0.25, 0.3) is 0 Å². The summed E-state index contributed by atoms with van der Waals surface area (Å²) < 4.78 is 0. The molecule has 98 valence electrons. The molecule has 0 radical (unpaired) electrons. The molecule has 0 aromatic heterocycles.